The van der Waals surface area contributed by atoms with Gasteiger partial charge in [-0.25, -0.2) is 0 Å². The van der Waals surface area contributed by atoms with Crippen molar-refractivity contribution in [2.75, 3.05) is 13.2 Å². The van der Waals surface area contributed by atoms with Crippen molar-refractivity contribution in [3.63, 3.8) is 0 Å². The third kappa shape index (κ3) is 7.84. The van der Waals surface area contributed by atoms with Gasteiger partial charge in [0.15, 0.2) is 0 Å². The molecule has 0 spiro atoms. The Morgan fingerprint density at radius 1 is 1.19 bits per heavy atom. The lowest BCUT2D eigenvalue weighted by atomic mass is 9.82. The van der Waals surface area contributed by atoms with Crippen LogP contribution in [0.15, 0.2) is 28.7 Å². The lowest BCUT2D eigenvalue weighted by Gasteiger charge is -2.34. The van der Waals surface area contributed by atoms with Gasteiger partial charge in [0, 0.05) is 12.1 Å². The Labute approximate surface area is 137 Å². The molecule has 0 aliphatic heterocycles. The average Bonchev–Trinajstić information content (AvgIpc) is 2.33. The summed E-state index contributed by atoms with van der Waals surface area (Å²) in [6.07, 6.45) is 0.508. The zero-order valence-corrected chi connectivity index (χ0v) is 15.3. The van der Waals surface area contributed by atoms with Gasteiger partial charge in [-0.2, -0.15) is 0 Å². The van der Waals surface area contributed by atoms with Gasteiger partial charge in [0.1, 0.15) is 18.5 Å². The van der Waals surface area contributed by atoms with Crippen LogP contribution in [0.4, 0.5) is 0 Å². The molecule has 0 heterocycles. The average molecular weight is 358 g/mol. The molecule has 3 nitrogen and oxygen atoms in total. The Balaban J connectivity index is 2.37. The quantitative estimate of drug-likeness (QED) is 0.774. The number of nitrogens with one attached hydrogen (secondary N) is 1. The van der Waals surface area contributed by atoms with Gasteiger partial charge in [-0.3, -0.25) is 0 Å². The topological polar surface area (TPSA) is 41.5 Å². The first kappa shape index (κ1) is 18.5. The van der Waals surface area contributed by atoms with Crippen molar-refractivity contribution in [3.05, 3.63) is 28.7 Å². The van der Waals surface area contributed by atoms with E-state index in [1.807, 2.05) is 24.3 Å². The number of ether oxygens (including phenoxy) is 1. The molecule has 0 saturated carbocycles. The minimum atomic E-state index is -0.531. The predicted molar refractivity (Wildman–Crippen MR) is 91.8 cm³/mol. The highest BCUT2D eigenvalue weighted by atomic mass is 79.9. The Bertz CT molecular complexity index is 441. The number of β-amino-alcohol motifs (C(OH)–C–C–N with tert-alkyl or cyclic N) is 1. The lowest BCUT2D eigenvalue weighted by Crippen LogP contribution is -2.46. The van der Waals surface area contributed by atoms with Crippen LogP contribution in [0, 0.1) is 5.41 Å². The normalized spacial score (nSPS) is 14.0. The van der Waals surface area contributed by atoms with Gasteiger partial charge in [-0.15, -0.1) is 0 Å². The summed E-state index contributed by atoms with van der Waals surface area (Å²) >= 11 is 3.43. The van der Waals surface area contributed by atoms with Crippen molar-refractivity contribution in [3.8, 4) is 5.75 Å². The van der Waals surface area contributed by atoms with E-state index in [9.17, 15) is 5.11 Å². The van der Waals surface area contributed by atoms with Gasteiger partial charge in [0.25, 0.3) is 0 Å². The SMILES string of the molecule is CC(C)(C)CC(C)(C)NCC(O)COc1ccccc1Br. The van der Waals surface area contributed by atoms with Crippen LogP contribution in [0.2, 0.25) is 0 Å². The molecule has 0 aliphatic rings. The van der Waals surface area contributed by atoms with Crippen LogP contribution in [0.3, 0.4) is 0 Å². The van der Waals surface area contributed by atoms with E-state index in [0.717, 1.165) is 16.6 Å². The van der Waals surface area contributed by atoms with Crippen molar-refractivity contribution in [1.82, 2.24) is 5.32 Å². The van der Waals surface area contributed by atoms with Crippen molar-refractivity contribution < 1.29 is 9.84 Å². The van der Waals surface area contributed by atoms with Gasteiger partial charge in [0.2, 0.25) is 0 Å². The van der Waals surface area contributed by atoms with E-state index in [0.29, 0.717) is 6.54 Å². The number of hydrogen-bond donors (Lipinski definition) is 2. The molecule has 0 amide bonds. The molecule has 1 aromatic carbocycles. The fourth-order valence-electron chi connectivity index (χ4n) is 2.59. The second-order valence-corrected chi connectivity index (χ2v) is 8.25. The zero-order chi connectivity index (χ0) is 16.1. The lowest BCUT2D eigenvalue weighted by molar-refractivity contribution is 0.0941. The van der Waals surface area contributed by atoms with Crippen LogP contribution in [0.1, 0.15) is 41.0 Å². The first-order valence-electron chi connectivity index (χ1n) is 7.39. The summed E-state index contributed by atoms with van der Waals surface area (Å²) < 4.78 is 6.53. The van der Waals surface area contributed by atoms with Crippen molar-refractivity contribution in [2.45, 2.75) is 52.7 Å². The second kappa shape index (κ2) is 7.61. The summed E-state index contributed by atoms with van der Waals surface area (Å²) in [6.45, 7) is 11.8. The van der Waals surface area contributed by atoms with E-state index in [2.05, 4.69) is 55.9 Å². The Morgan fingerprint density at radius 2 is 1.81 bits per heavy atom. The molecule has 4 heteroatoms. The molecule has 120 valence electrons. The van der Waals surface area contributed by atoms with Crippen molar-refractivity contribution in [2.24, 2.45) is 5.41 Å². The number of aliphatic hydroxyl groups is 1. The van der Waals surface area contributed by atoms with E-state index < -0.39 is 6.10 Å². The summed E-state index contributed by atoms with van der Waals surface area (Å²) in [5.41, 5.74) is 0.249. The molecule has 0 radical (unpaired) electrons. The smallest absolute Gasteiger partial charge is 0.133 e. The van der Waals surface area contributed by atoms with Crippen molar-refractivity contribution >= 4 is 15.9 Å². The minimum Gasteiger partial charge on any atom is -0.490 e. The van der Waals surface area contributed by atoms with Gasteiger partial charge >= 0.3 is 0 Å². The van der Waals surface area contributed by atoms with Gasteiger partial charge in [-0.05, 0) is 53.7 Å². The number of para-hydroxylation sites is 1. The summed E-state index contributed by atoms with van der Waals surface area (Å²) in [4.78, 5) is 0. The molecular formula is C17H28BrNO2. The van der Waals surface area contributed by atoms with Crippen LogP contribution in [0.25, 0.3) is 0 Å². The first-order valence-corrected chi connectivity index (χ1v) is 8.19. The Kier molecular flexibility index (Phi) is 6.70. The van der Waals surface area contributed by atoms with E-state index in [1.54, 1.807) is 0 Å². The Hall–Kier alpha value is -0.580. The summed E-state index contributed by atoms with van der Waals surface area (Å²) in [7, 11) is 0. The number of benzene rings is 1. The first-order chi connectivity index (χ1) is 9.59. The maximum atomic E-state index is 10.1. The second-order valence-electron chi connectivity index (χ2n) is 7.40. The van der Waals surface area contributed by atoms with E-state index in [4.69, 9.17) is 4.74 Å². The highest BCUT2D eigenvalue weighted by Crippen LogP contribution is 2.27. The molecule has 0 aliphatic carbocycles. The maximum Gasteiger partial charge on any atom is 0.133 e. The summed E-state index contributed by atoms with van der Waals surface area (Å²) in [5, 5.41) is 13.5. The molecule has 0 aromatic heterocycles. The minimum absolute atomic E-state index is 0.00738. The molecule has 1 aromatic rings. The van der Waals surface area contributed by atoms with E-state index >= 15 is 0 Å². The van der Waals surface area contributed by atoms with Crippen LogP contribution in [-0.4, -0.2) is 29.9 Å². The molecule has 0 bridgehead atoms. The number of rotatable bonds is 7. The van der Waals surface area contributed by atoms with Crippen LogP contribution in [0.5, 0.6) is 5.75 Å². The molecule has 1 rings (SSSR count). The van der Waals surface area contributed by atoms with Crippen LogP contribution < -0.4 is 10.1 Å². The molecule has 1 unspecified atom stereocenters. The Morgan fingerprint density at radius 3 is 2.38 bits per heavy atom. The van der Waals surface area contributed by atoms with Crippen LogP contribution >= 0.6 is 15.9 Å². The van der Waals surface area contributed by atoms with Gasteiger partial charge in [-0.1, -0.05) is 32.9 Å². The van der Waals surface area contributed by atoms with E-state index in [1.165, 1.54) is 0 Å². The predicted octanol–water partition coefficient (Wildman–Crippen LogP) is 3.99. The van der Waals surface area contributed by atoms with Crippen LogP contribution in [-0.2, 0) is 0 Å². The largest absolute Gasteiger partial charge is 0.490 e. The molecule has 2 N–H and O–H groups in total. The number of hydrogen-bond acceptors (Lipinski definition) is 3. The van der Waals surface area contributed by atoms with Gasteiger partial charge < -0.3 is 15.2 Å². The third-order valence-electron chi connectivity index (χ3n) is 3.06. The molecular weight excluding hydrogens is 330 g/mol. The molecule has 21 heavy (non-hydrogen) atoms. The molecule has 1 atom stereocenters. The monoisotopic (exact) mass is 357 g/mol. The highest BCUT2D eigenvalue weighted by molar-refractivity contribution is 9.10. The van der Waals surface area contributed by atoms with Crippen molar-refractivity contribution in [1.29, 1.82) is 0 Å². The summed E-state index contributed by atoms with van der Waals surface area (Å²) in [6, 6.07) is 7.65. The molecule has 0 fully saturated rings. The van der Waals surface area contributed by atoms with Gasteiger partial charge in [0.05, 0.1) is 4.47 Å². The third-order valence-corrected chi connectivity index (χ3v) is 3.71. The fourth-order valence-corrected chi connectivity index (χ4v) is 2.99. The van der Waals surface area contributed by atoms with E-state index in [-0.39, 0.29) is 17.6 Å². The molecule has 0 saturated heterocycles. The zero-order valence-electron chi connectivity index (χ0n) is 13.7. The standard InChI is InChI=1S/C17H28BrNO2/c1-16(2,3)12-17(4,5)19-10-13(20)11-21-15-9-7-6-8-14(15)18/h6-9,13,19-20H,10-12H2,1-5H3. The number of aliphatic hydroxyl groups excluding tert-OH is 1. The summed E-state index contributed by atoms with van der Waals surface area (Å²) in [5.74, 6) is 0.755. The number of halogens is 1. The highest BCUT2D eigenvalue weighted by Gasteiger charge is 2.25. The maximum absolute atomic E-state index is 10.1. The fraction of sp³-hybridized carbons (Fsp3) is 0.647.